The normalized spacial score (nSPS) is 12.5. The minimum atomic E-state index is -0.342. The van der Waals surface area contributed by atoms with Crippen molar-refractivity contribution in [3.05, 3.63) is 78.1 Å². The van der Waals surface area contributed by atoms with Crippen molar-refractivity contribution in [2.45, 2.75) is 19.8 Å². The fraction of sp³-hybridized carbons (Fsp3) is 0.174. The highest BCUT2D eigenvalue weighted by atomic mass is 16.5. The second-order valence-corrected chi connectivity index (χ2v) is 7.17. The van der Waals surface area contributed by atoms with E-state index >= 15 is 0 Å². The Kier molecular flexibility index (Phi) is 5.70. The predicted octanol–water partition coefficient (Wildman–Crippen LogP) is 3.47. The molecule has 3 aromatic carbocycles. The largest absolute Gasteiger partial charge is 0.497 e. The van der Waals surface area contributed by atoms with Gasteiger partial charge in [0, 0.05) is 0 Å². The number of fused-ring (bicyclic) bond motifs is 1. The summed E-state index contributed by atoms with van der Waals surface area (Å²) in [7, 11) is 1.65. The zero-order chi connectivity index (χ0) is 21.8. The topological polar surface area (TPSA) is 94.3 Å². The number of ether oxygens (including phenoxy) is 1. The summed E-state index contributed by atoms with van der Waals surface area (Å²) in [6.45, 7) is 3.71. The summed E-state index contributed by atoms with van der Waals surface area (Å²) in [5.74, 6) is 0.296. The van der Waals surface area contributed by atoms with E-state index in [1.165, 1.54) is 6.33 Å². The lowest BCUT2D eigenvalue weighted by atomic mass is 9.97. The van der Waals surface area contributed by atoms with E-state index in [9.17, 15) is 4.79 Å². The molecule has 1 amide bonds. The summed E-state index contributed by atoms with van der Waals surface area (Å²) in [4.78, 5) is 12.7. The summed E-state index contributed by atoms with van der Waals surface area (Å²) in [6, 6.07) is 19.4. The second-order valence-electron chi connectivity index (χ2n) is 7.17. The number of nitrogens with zero attached hydrogens (tertiary/aromatic N) is 5. The Morgan fingerprint density at radius 1 is 1.06 bits per heavy atom. The van der Waals surface area contributed by atoms with E-state index in [0.29, 0.717) is 5.71 Å². The van der Waals surface area contributed by atoms with E-state index in [1.54, 1.807) is 11.8 Å². The molecular weight excluding hydrogens is 392 g/mol. The van der Waals surface area contributed by atoms with Gasteiger partial charge < -0.3 is 4.74 Å². The Labute approximate surface area is 179 Å². The van der Waals surface area contributed by atoms with Gasteiger partial charge in [0.1, 0.15) is 12.1 Å². The van der Waals surface area contributed by atoms with Crippen LogP contribution >= 0.6 is 0 Å². The number of benzene rings is 3. The molecule has 1 heterocycles. The van der Waals surface area contributed by atoms with Gasteiger partial charge in [0.25, 0.3) is 0 Å². The van der Waals surface area contributed by atoms with Crippen molar-refractivity contribution in [2.75, 3.05) is 7.11 Å². The third-order valence-corrected chi connectivity index (χ3v) is 5.20. The lowest BCUT2D eigenvalue weighted by molar-refractivity contribution is -0.122. The molecule has 8 heteroatoms. The van der Waals surface area contributed by atoms with E-state index in [0.717, 1.165) is 33.3 Å². The van der Waals surface area contributed by atoms with Crippen LogP contribution in [0.2, 0.25) is 0 Å². The number of methoxy groups -OCH3 is 1. The smallest absolute Gasteiger partial charge is 0.247 e. The van der Waals surface area contributed by atoms with Crippen LogP contribution in [-0.2, 0) is 4.79 Å². The lowest BCUT2D eigenvalue weighted by Gasteiger charge is -2.12. The molecule has 4 rings (SSSR count). The molecule has 0 aliphatic carbocycles. The zero-order valence-electron chi connectivity index (χ0n) is 17.5. The average Bonchev–Trinajstić information content (AvgIpc) is 3.36. The molecule has 0 radical (unpaired) electrons. The quantitative estimate of drug-likeness (QED) is 0.385. The molecule has 0 bridgehead atoms. The minimum Gasteiger partial charge on any atom is -0.497 e. The summed E-state index contributed by atoms with van der Waals surface area (Å²) < 4.78 is 6.83. The van der Waals surface area contributed by atoms with Crippen molar-refractivity contribution >= 4 is 22.4 Å². The van der Waals surface area contributed by atoms with Crippen LogP contribution in [0.3, 0.4) is 0 Å². The number of tetrazole rings is 1. The van der Waals surface area contributed by atoms with Crippen molar-refractivity contribution in [1.82, 2.24) is 25.6 Å². The van der Waals surface area contributed by atoms with Crippen LogP contribution < -0.4 is 10.2 Å². The van der Waals surface area contributed by atoms with Crippen LogP contribution in [0.25, 0.3) is 16.5 Å². The van der Waals surface area contributed by atoms with Crippen LogP contribution in [0.15, 0.2) is 72.1 Å². The highest BCUT2D eigenvalue weighted by Gasteiger charge is 2.15. The summed E-state index contributed by atoms with van der Waals surface area (Å²) in [5.41, 5.74) is 6.04. The van der Waals surface area contributed by atoms with Crippen molar-refractivity contribution in [3.8, 4) is 11.4 Å². The molecule has 8 nitrogen and oxygen atoms in total. The highest BCUT2D eigenvalue weighted by molar-refractivity contribution is 5.99. The van der Waals surface area contributed by atoms with E-state index < -0.39 is 0 Å². The maximum Gasteiger partial charge on any atom is 0.247 e. The molecule has 1 N–H and O–H groups in total. The lowest BCUT2D eigenvalue weighted by Crippen LogP contribution is -2.24. The molecule has 0 saturated heterocycles. The van der Waals surface area contributed by atoms with Crippen LogP contribution in [0.5, 0.6) is 5.75 Å². The van der Waals surface area contributed by atoms with Gasteiger partial charge in [-0.25, -0.2) is 10.1 Å². The predicted molar refractivity (Wildman–Crippen MR) is 118 cm³/mol. The van der Waals surface area contributed by atoms with Gasteiger partial charge in [0.05, 0.1) is 24.4 Å². The second kappa shape index (κ2) is 8.74. The number of rotatable bonds is 6. The Balaban J connectivity index is 1.44. The Bertz CT molecular complexity index is 1230. The summed E-state index contributed by atoms with van der Waals surface area (Å²) in [6.07, 6.45) is 1.53. The number of amides is 1. The molecule has 1 unspecified atom stereocenters. The molecule has 0 spiro atoms. The Morgan fingerprint density at radius 2 is 1.81 bits per heavy atom. The molecule has 0 aliphatic heterocycles. The maximum atomic E-state index is 12.7. The molecule has 1 atom stereocenters. The van der Waals surface area contributed by atoms with Crippen molar-refractivity contribution in [2.24, 2.45) is 5.10 Å². The number of aromatic nitrogens is 4. The molecule has 0 fully saturated rings. The molecule has 31 heavy (non-hydrogen) atoms. The number of hydrogen-bond acceptors (Lipinski definition) is 6. The number of nitrogens with one attached hydrogen (secondary N) is 1. The molecule has 0 aliphatic rings. The first kappa shape index (κ1) is 20.2. The van der Waals surface area contributed by atoms with Crippen molar-refractivity contribution in [3.63, 3.8) is 0 Å². The van der Waals surface area contributed by atoms with Crippen LogP contribution in [0.4, 0.5) is 0 Å². The van der Waals surface area contributed by atoms with Gasteiger partial charge >= 0.3 is 0 Å². The van der Waals surface area contributed by atoms with Gasteiger partial charge in [-0.05, 0) is 70.4 Å². The van der Waals surface area contributed by atoms with Gasteiger partial charge in [-0.3, -0.25) is 4.79 Å². The van der Waals surface area contributed by atoms with Crippen LogP contribution in [0.1, 0.15) is 30.9 Å². The Morgan fingerprint density at radius 3 is 2.52 bits per heavy atom. The molecular formula is C23H22N6O2. The van der Waals surface area contributed by atoms with E-state index in [2.05, 4.69) is 26.1 Å². The van der Waals surface area contributed by atoms with Gasteiger partial charge in [-0.1, -0.05) is 36.4 Å². The first-order valence-corrected chi connectivity index (χ1v) is 9.81. The number of carbonyl (C=O) groups is 1. The number of hydrazone groups is 1. The van der Waals surface area contributed by atoms with Crippen molar-refractivity contribution in [1.29, 1.82) is 0 Å². The highest BCUT2D eigenvalue weighted by Crippen LogP contribution is 2.25. The average molecular weight is 414 g/mol. The maximum absolute atomic E-state index is 12.7. The molecule has 0 saturated carbocycles. The Hall–Kier alpha value is -4.07. The monoisotopic (exact) mass is 414 g/mol. The van der Waals surface area contributed by atoms with Crippen molar-refractivity contribution < 1.29 is 9.53 Å². The van der Waals surface area contributed by atoms with E-state index in [4.69, 9.17) is 4.74 Å². The summed E-state index contributed by atoms with van der Waals surface area (Å²) >= 11 is 0. The SMILES string of the molecule is COc1ccc2cc(C(C)C(=O)NN=C(C)c3ccc(-n4cnnn4)cc3)ccc2c1. The third-order valence-electron chi connectivity index (χ3n) is 5.20. The van der Waals surface area contributed by atoms with E-state index in [1.807, 2.05) is 74.5 Å². The number of hydrogen-bond donors (Lipinski definition) is 1. The molecule has 4 aromatic rings. The van der Waals surface area contributed by atoms with Gasteiger partial charge in [-0.15, -0.1) is 5.10 Å². The zero-order valence-corrected chi connectivity index (χ0v) is 17.5. The first-order chi connectivity index (χ1) is 15.0. The van der Waals surface area contributed by atoms with Crippen LogP contribution in [0, 0.1) is 0 Å². The van der Waals surface area contributed by atoms with Crippen LogP contribution in [-0.4, -0.2) is 38.9 Å². The molecule has 1 aromatic heterocycles. The van der Waals surface area contributed by atoms with Gasteiger partial charge in [-0.2, -0.15) is 5.10 Å². The fourth-order valence-corrected chi connectivity index (χ4v) is 3.23. The summed E-state index contributed by atoms with van der Waals surface area (Å²) in [5, 5.41) is 17.5. The molecule has 156 valence electrons. The third kappa shape index (κ3) is 4.42. The van der Waals surface area contributed by atoms with Gasteiger partial charge in [0.15, 0.2) is 0 Å². The number of carbonyl (C=O) groups excluding carboxylic acids is 1. The minimum absolute atomic E-state index is 0.169. The first-order valence-electron chi connectivity index (χ1n) is 9.81. The van der Waals surface area contributed by atoms with E-state index in [-0.39, 0.29) is 11.8 Å². The van der Waals surface area contributed by atoms with Gasteiger partial charge in [0.2, 0.25) is 5.91 Å². The standard InChI is InChI=1S/C23H22N6O2/c1-15(18-4-5-20-13-22(31-3)11-8-19(20)12-18)23(30)26-25-16(2)17-6-9-21(10-7-17)29-14-24-27-28-29/h4-15H,1-3H3,(H,26,30). The fourth-order valence-electron chi connectivity index (χ4n) is 3.23.